The monoisotopic (exact) mass is 132 g/mol. The van der Waals surface area contributed by atoms with Crippen LogP contribution in [0.2, 0.25) is 0 Å². The molecule has 0 radical (unpaired) electrons. The summed E-state index contributed by atoms with van der Waals surface area (Å²) in [6, 6.07) is 0. The molecule has 0 aromatic heterocycles. The minimum atomic E-state index is -1.31. The van der Waals surface area contributed by atoms with Crippen LogP contribution in [0.25, 0.3) is 0 Å². The second-order valence-electron chi connectivity index (χ2n) is 2.67. The van der Waals surface area contributed by atoms with E-state index in [0.717, 1.165) is 0 Å². The van der Waals surface area contributed by atoms with E-state index < -0.39 is 17.5 Å². The van der Waals surface area contributed by atoms with Crippen molar-refractivity contribution in [2.75, 3.05) is 0 Å². The number of aliphatic hydroxyl groups is 2. The third-order valence-corrected chi connectivity index (χ3v) is 1.05. The zero-order valence-corrected chi connectivity index (χ0v) is 5.88. The molecule has 0 aliphatic rings. The van der Waals surface area contributed by atoms with Crippen LogP contribution in [0.5, 0.6) is 0 Å². The van der Waals surface area contributed by atoms with Crippen LogP contribution in [-0.2, 0) is 4.79 Å². The molecule has 0 aromatic rings. The summed E-state index contributed by atoms with van der Waals surface area (Å²) in [5.41, 5.74) is -1.31. The molecule has 1 atom stereocenters. The highest BCUT2D eigenvalue weighted by Gasteiger charge is 2.27. The smallest absolute Gasteiger partial charge is 0.161 e. The molecule has 0 aromatic carbocycles. The summed E-state index contributed by atoms with van der Waals surface area (Å²) in [6.07, 6.45) is -1.27. The Bertz CT molecular complexity index is 112. The Morgan fingerprint density at radius 2 is 1.89 bits per heavy atom. The van der Waals surface area contributed by atoms with Crippen molar-refractivity contribution in [2.45, 2.75) is 32.5 Å². The molecule has 0 heterocycles. The zero-order valence-electron chi connectivity index (χ0n) is 5.88. The average molecular weight is 132 g/mol. The Hall–Kier alpha value is -0.410. The molecule has 0 saturated carbocycles. The Labute approximate surface area is 54.3 Å². The average Bonchev–Trinajstić information content (AvgIpc) is 1.62. The van der Waals surface area contributed by atoms with Gasteiger partial charge in [0.05, 0.1) is 5.60 Å². The van der Waals surface area contributed by atoms with Gasteiger partial charge in [0.25, 0.3) is 0 Å². The van der Waals surface area contributed by atoms with E-state index in [1.54, 1.807) is 0 Å². The van der Waals surface area contributed by atoms with Crippen molar-refractivity contribution in [3.05, 3.63) is 0 Å². The normalized spacial score (nSPS) is 15.2. The molecule has 9 heavy (non-hydrogen) atoms. The number of carbonyl (C=O) groups is 1. The molecule has 3 heteroatoms. The second-order valence-corrected chi connectivity index (χ2v) is 2.67. The lowest BCUT2D eigenvalue weighted by Crippen LogP contribution is -2.40. The van der Waals surface area contributed by atoms with Gasteiger partial charge in [0, 0.05) is 0 Å². The van der Waals surface area contributed by atoms with E-state index in [9.17, 15) is 4.79 Å². The molecule has 0 aliphatic carbocycles. The second kappa shape index (κ2) is 2.45. The maximum atomic E-state index is 10.4. The van der Waals surface area contributed by atoms with Gasteiger partial charge in [-0.15, -0.1) is 0 Å². The van der Waals surface area contributed by atoms with Gasteiger partial charge in [-0.2, -0.15) is 0 Å². The van der Waals surface area contributed by atoms with Crippen molar-refractivity contribution in [3.8, 4) is 0 Å². The zero-order chi connectivity index (χ0) is 7.65. The summed E-state index contributed by atoms with van der Waals surface area (Å²) in [4.78, 5) is 10.4. The molecule has 1 unspecified atom stereocenters. The summed E-state index contributed by atoms with van der Waals surface area (Å²) < 4.78 is 0. The van der Waals surface area contributed by atoms with Crippen LogP contribution >= 0.6 is 0 Å². The first-order chi connectivity index (χ1) is 3.85. The van der Waals surface area contributed by atoms with E-state index >= 15 is 0 Å². The highest BCUT2D eigenvalue weighted by atomic mass is 16.3. The Morgan fingerprint density at radius 1 is 1.56 bits per heavy atom. The molecule has 0 fully saturated rings. The molecule has 0 aliphatic heterocycles. The van der Waals surface area contributed by atoms with Crippen molar-refractivity contribution in [3.63, 3.8) is 0 Å². The molecule has 2 N–H and O–H groups in total. The third kappa shape index (κ3) is 2.58. The molecule has 0 spiro atoms. The van der Waals surface area contributed by atoms with Crippen molar-refractivity contribution >= 4 is 5.78 Å². The topological polar surface area (TPSA) is 57.5 Å². The number of ketones is 1. The van der Waals surface area contributed by atoms with Gasteiger partial charge in [-0.1, -0.05) is 0 Å². The fourth-order valence-electron chi connectivity index (χ4n) is 0.497. The van der Waals surface area contributed by atoms with E-state index in [0.29, 0.717) is 0 Å². The molecule has 54 valence electrons. The molecule has 0 saturated heterocycles. The van der Waals surface area contributed by atoms with Crippen LogP contribution in [0.15, 0.2) is 0 Å². The van der Waals surface area contributed by atoms with Crippen molar-refractivity contribution in [1.82, 2.24) is 0 Å². The van der Waals surface area contributed by atoms with Gasteiger partial charge in [-0.25, -0.2) is 0 Å². The van der Waals surface area contributed by atoms with Crippen LogP contribution in [0.3, 0.4) is 0 Å². The SMILES string of the molecule is CC(=O)C(O)C(C)(C)O. The van der Waals surface area contributed by atoms with Crippen molar-refractivity contribution < 1.29 is 15.0 Å². The van der Waals surface area contributed by atoms with Crippen LogP contribution in [0.4, 0.5) is 0 Å². The molecule has 0 amide bonds. The first-order valence-corrected chi connectivity index (χ1v) is 2.76. The fraction of sp³-hybridized carbons (Fsp3) is 0.833. The minimum absolute atomic E-state index is 0.414. The van der Waals surface area contributed by atoms with Crippen molar-refractivity contribution in [1.29, 1.82) is 0 Å². The van der Waals surface area contributed by atoms with E-state index in [1.807, 2.05) is 0 Å². The predicted octanol–water partition coefficient (Wildman–Crippen LogP) is -0.293. The molecular weight excluding hydrogens is 120 g/mol. The quantitative estimate of drug-likeness (QED) is 0.542. The number of hydrogen-bond donors (Lipinski definition) is 2. The summed E-state index contributed by atoms with van der Waals surface area (Å²) in [5, 5.41) is 17.8. The van der Waals surface area contributed by atoms with Crippen LogP contribution < -0.4 is 0 Å². The van der Waals surface area contributed by atoms with Gasteiger partial charge in [0.15, 0.2) is 5.78 Å². The lowest BCUT2D eigenvalue weighted by atomic mass is 9.99. The number of rotatable bonds is 2. The lowest BCUT2D eigenvalue weighted by Gasteiger charge is -2.21. The van der Waals surface area contributed by atoms with Gasteiger partial charge in [-0.3, -0.25) is 4.79 Å². The lowest BCUT2D eigenvalue weighted by molar-refractivity contribution is -0.137. The highest BCUT2D eigenvalue weighted by Crippen LogP contribution is 2.07. The Kier molecular flexibility index (Phi) is 2.34. The van der Waals surface area contributed by atoms with E-state index in [2.05, 4.69) is 0 Å². The Morgan fingerprint density at radius 3 is 1.89 bits per heavy atom. The molecule has 3 nitrogen and oxygen atoms in total. The minimum Gasteiger partial charge on any atom is -0.387 e. The predicted molar refractivity (Wildman–Crippen MR) is 33.0 cm³/mol. The third-order valence-electron chi connectivity index (χ3n) is 1.05. The summed E-state index contributed by atoms with van der Waals surface area (Å²) in [7, 11) is 0. The summed E-state index contributed by atoms with van der Waals surface area (Å²) >= 11 is 0. The van der Waals surface area contributed by atoms with Crippen LogP contribution in [0.1, 0.15) is 20.8 Å². The summed E-state index contributed by atoms with van der Waals surface area (Å²) in [6.45, 7) is 4.01. The van der Waals surface area contributed by atoms with Gasteiger partial charge in [0.2, 0.25) is 0 Å². The van der Waals surface area contributed by atoms with Gasteiger partial charge in [-0.05, 0) is 20.8 Å². The van der Waals surface area contributed by atoms with Crippen LogP contribution in [0, 0.1) is 0 Å². The molecule has 0 bridgehead atoms. The van der Waals surface area contributed by atoms with Gasteiger partial charge >= 0.3 is 0 Å². The number of aliphatic hydroxyl groups excluding tert-OH is 1. The fourth-order valence-corrected chi connectivity index (χ4v) is 0.497. The maximum absolute atomic E-state index is 10.4. The largest absolute Gasteiger partial charge is 0.387 e. The van der Waals surface area contributed by atoms with Gasteiger partial charge in [0.1, 0.15) is 6.10 Å². The number of hydrogen-bond acceptors (Lipinski definition) is 3. The van der Waals surface area contributed by atoms with E-state index in [1.165, 1.54) is 20.8 Å². The summed E-state index contributed by atoms with van der Waals surface area (Å²) in [5.74, 6) is -0.414. The number of Topliss-reactive ketones (excluding diaryl/α,β-unsaturated/α-hetero) is 1. The maximum Gasteiger partial charge on any atom is 0.161 e. The molecular formula is C6H12O3. The van der Waals surface area contributed by atoms with E-state index in [-0.39, 0.29) is 0 Å². The first kappa shape index (κ1) is 8.59. The molecule has 0 rings (SSSR count). The van der Waals surface area contributed by atoms with Crippen LogP contribution in [-0.4, -0.2) is 27.7 Å². The standard InChI is InChI=1S/C6H12O3/c1-4(7)5(8)6(2,3)9/h5,8-9H,1-3H3. The first-order valence-electron chi connectivity index (χ1n) is 2.76. The number of carbonyl (C=O) groups excluding carboxylic acids is 1. The van der Waals surface area contributed by atoms with E-state index in [4.69, 9.17) is 10.2 Å². The highest BCUT2D eigenvalue weighted by molar-refractivity contribution is 5.81. The van der Waals surface area contributed by atoms with Crippen molar-refractivity contribution in [2.24, 2.45) is 0 Å². The van der Waals surface area contributed by atoms with Gasteiger partial charge < -0.3 is 10.2 Å². The Balaban J connectivity index is 4.04.